The van der Waals surface area contributed by atoms with Crippen LogP contribution in [0.5, 0.6) is 0 Å². The second kappa shape index (κ2) is 6.69. The number of aryl methyl sites for hydroxylation is 2. The highest BCUT2D eigenvalue weighted by atomic mass is 16.6. The van der Waals surface area contributed by atoms with E-state index >= 15 is 0 Å². The van der Waals surface area contributed by atoms with Crippen molar-refractivity contribution in [3.8, 4) is 0 Å². The van der Waals surface area contributed by atoms with Gasteiger partial charge in [0.2, 0.25) is 5.82 Å². The summed E-state index contributed by atoms with van der Waals surface area (Å²) >= 11 is 0. The van der Waals surface area contributed by atoms with Crippen LogP contribution in [0.4, 0.5) is 11.5 Å². The van der Waals surface area contributed by atoms with Gasteiger partial charge in [0.05, 0.1) is 10.5 Å². The van der Waals surface area contributed by atoms with Crippen LogP contribution in [0.2, 0.25) is 0 Å². The van der Waals surface area contributed by atoms with Crippen molar-refractivity contribution in [1.82, 2.24) is 9.78 Å². The van der Waals surface area contributed by atoms with E-state index in [1.165, 1.54) is 0 Å². The van der Waals surface area contributed by atoms with Gasteiger partial charge in [-0.15, -0.1) is 0 Å². The van der Waals surface area contributed by atoms with Crippen molar-refractivity contribution in [2.45, 2.75) is 59.1 Å². The molecule has 0 spiro atoms. The molecule has 7 nitrogen and oxygen atoms in total. The topological polar surface area (TPSA) is 93.2 Å². The first kappa shape index (κ1) is 16.4. The molecule has 0 aliphatic carbocycles. The molecule has 0 aliphatic heterocycles. The monoisotopic (exact) mass is 284 g/mol. The van der Waals surface area contributed by atoms with Gasteiger partial charge in [-0.1, -0.05) is 20.3 Å². The maximum Gasteiger partial charge on any atom is 0.333 e. The molecule has 1 unspecified atom stereocenters. The second-order valence-electron chi connectivity index (χ2n) is 5.36. The molecule has 114 valence electrons. The van der Waals surface area contributed by atoms with Crippen molar-refractivity contribution < 1.29 is 10.0 Å². The van der Waals surface area contributed by atoms with Gasteiger partial charge in [-0.2, -0.15) is 5.10 Å². The Morgan fingerprint density at radius 1 is 1.45 bits per heavy atom. The first-order valence-corrected chi connectivity index (χ1v) is 7.00. The fourth-order valence-corrected chi connectivity index (χ4v) is 2.24. The van der Waals surface area contributed by atoms with Gasteiger partial charge < -0.3 is 10.4 Å². The Balaban J connectivity index is 2.99. The Morgan fingerprint density at radius 2 is 2.10 bits per heavy atom. The lowest BCUT2D eigenvalue weighted by Gasteiger charge is -2.23. The van der Waals surface area contributed by atoms with Gasteiger partial charge in [0.25, 0.3) is 0 Å². The van der Waals surface area contributed by atoms with Crippen LogP contribution in [0.1, 0.15) is 45.7 Å². The molecule has 1 aromatic rings. The number of aromatic nitrogens is 2. The van der Waals surface area contributed by atoms with E-state index < -0.39 is 10.5 Å². The Morgan fingerprint density at radius 3 is 2.60 bits per heavy atom. The highest BCUT2D eigenvalue weighted by molar-refractivity contribution is 5.59. The molecule has 1 heterocycles. The molecule has 1 atom stereocenters. The summed E-state index contributed by atoms with van der Waals surface area (Å²) in [6.07, 6.45) is 2.32. The molecule has 0 amide bonds. The smallest absolute Gasteiger partial charge is 0.333 e. The van der Waals surface area contributed by atoms with Crippen molar-refractivity contribution in [3.05, 3.63) is 15.8 Å². The quantitative estimate of drug-likeness (QED) is 0.565. The third-order valence-corrected chi connectivity index (χ3v) is 3.14. The van der Waals surface area contributed by atoms with E-state index in [1.54, 1.807) is 18.5 Å². The van der Waals surface area contributed by atoms with E-state index in [4.69, 9.17) is 0 Å². The molecule has 0 bridgehead atoms. The fraction of sp³-hybridized carbons (Fsp3) is 0.769. The first-order chi connectivity index (χ1) is 9.32. The minimum absolute atomic E-state index is 0.00857. The summed E-state index contributed by atoms with van der Waals surface area (Å²) < 4.78 is 1.61. The maximum atomic E-state index is 11.2. The first-order valence-electron chi connectivity index (χ1n) is 7.00. The third kappa shape index (κ3) is 3.93. The standard InChI is InChI=1S/C13H24N4O3/c1-5-7-13(4,18)9-14-12-11(17(19)20)10(3)15-16(12)8-6-2/h14,18H,5-9H2,1-4H3. The number of nitrogens with zero attached hydrogens (tertiary/aromatic N) is 3. The van der Waals surface area contributed by atoms with Crippen LogP contribution in [0.3, 0.4) is 0 Å². The lowest BCUT2D eigenvalue weighted by atomic mass is 10.0. The molecule has 0 saturated carbocycles. The van der Waals surface area contributed by atoms with Gasteiger partial charge in [-0.25, -0.2) is 4.68 Å². The molecular weight excluding hydrogens is 260 g/mol. The van der Waals surface area contributed by atoms with E-state index in [-0.39, 0.29) is 12.2 Å². The molecule has 20 heavy (non-hydrogen) atoms. The molecule has 1 rings (SSSR count). The number of nitrogens with one attached hydrogen (secondary N) is 1. The molecule has 2 N–H and O–H groups in total. The summed E-state index contributed by atoms with van der Waals surface area (Å²) in [6, 6.07) is 0. The van der Waals surface area contributed by atoms with E-state index in [9.17, 15) is 15.2 Å². The average molecular weight is 284 g/mol. The average Bonchev–Trinajstić information content (AvgIpc) is 2.63. The second-order valence-corrected chi connectivity index (χ2v) is 5.36. The van der Waals surface area contributed by atoms with Crippen molar-refractivity contribution in [1.29, 1.82) is 0 Å². The van der Waals surface area contributed by atoms with Crippen LogP contribution in [0.25, 0.3) is 0 Å². The summed E-state index contributed by atoms with van der Waals surface area (Å²) in [6.45, 7) is 8.19. The lowest BCUT2D eigenvalue weighted by molar-refractivity contribution is -0.384. The van der Waals surface area contributed by atoms with Gasteiger partial charge in [0.15, 0.2) is 0 Å². The van der Waals surface area contributed by atoms with Crippen molar-refractivity contribution in [2.24, 2.45) is 0 Å². The number of aliphatic hydroxyl groups is 1. The zero-order chi connectivity index (χ0) is 15.3. The van der Waals surface area contributed by atoms with Crippen molar-refractivity contribution in [3.63, 3.8) is 0 Å². The van der Waals surface area contributed by atoms with E-state index in [0.717, 1.165) is 12.8 Å². The SMILES string of the molecule is CCCn1nc(C)c([N+](=O)[O-])c1NCC(C)(O)CCC. The van der Waals surface area contributed by atoms with Crippen LogP contribution < -0.4 is 5.32 Å². The summed E-state index contributed by atoms with van der Waals surface area (Å²) in [5.41, 5.74) is -0.510. The minimum atomic E-state index is -0.891. The maximum absolute atomic E-state index is 11.2. The Kier molecular flexibility index (Phi) is 5.50. The summed E-state index contributed by atoms with van der Waals surface area (Å²) in [4.78, 5) is 10.7. The summed E-state index contributed by atoms with van der Waals surface area (Å²) in [7, 11) is 0. The minimum Gasteiger partial charge on any atom is -0.388 e. The van der Waals surface area contributed by atoms with Gasteiger partial charge >= 0.3 is 5.69 Å². The summed E-state index contributed by atoms with van der Waals surface area (Å²) in [5, 5.41) is 28.5. The van der Waals surface area contributed by atoms with Gasteiger partial charge in [-0.05, 0) is 26.7 Å². The highest BCUT2D eigenvalue weighted by Gasteiger charge is 2.27. The van der Waals surface area contributed by atoms with Gasteiger partial charge in [-0.3, -0.25) is 10.1 Å². The van der Waals surface area contributed by atoms with Gasteiger partial charge in [0.1, 0.15) is 5.69 Å². The molecule has 0 fully saturated rings. The largest absolute Gasteiger partial charge is 0.388 e. The number of nitro groups is 1. The number of anilines is 1. The van der Waals surface area contributed by atoms with Crippen molar-refractivity contribution in [2.75, 3.05) is 11.9 Å². The Labute approximate surface area is 119 Å². The van der Waals surface area contributed by atoms with E-state index in [1.807, 2.05) is 13.8 Å². The molecule has 7 heteroatoms. The molecule has 0 aromatic carbocycles. The molecule has 0 aliphatic rings. The molecule has 0 radical (unpaired) electrons. The normalized spacial score (nSPS) is 14.1. The number of hydrogen-bond acceptors (Lipinski definition) is 5. The molecule has 1 aromatic heterocycles. The predicted molar refractivity (Wildman–Crippen MR) is 77.9 cm³/mol. The van der Waals surface area contributed by atoms with E-state index in [0.29, 0.717) is 24.5 Å². The zero-order valence-corrected chi connectivity index (χ0v) is 12.6. The predicted octanol–water partition coefficient (Wildman–Crippen LogP) is 2.47. The van der Waals surface area contributed by atoms with Crippen LogP contribution >= 0.6 is 0 Å². The molecule has 0 saturated heterocycles. The Hall–Kier alpha value is -1.63. The lowest BCUT2D eigenvalue weighted by Crippen LogP contribution is -2.33. The van der Waals surface area contributed by atoms with Crippen LogP contribution in [0.15, 0.2) is 0 Å². The van der Waals surface area contributed by atoms with Gasteiger partial charge in [0, 0.05) is 13.1 Å². The number of hydrogen-bond donors (Lipinski definition) is 2. The Bertz CT molecular complexity index is 468. The zero-order valence-electron chi connectivity index (χ0n) is 12.6. The molecular formula is C13H24N4O3. The van der Waals surface area contributed by atoms with Crippen LogP contribution in [-0.2, 0) is 6.54 Å². The third-order valence-electron chi connectivity index (χ3n) is 3.14. The fourth-order valence-electron chi connectivity index (χ4n) is 2.24. The van der Waals surface area contributed by atoms with E-state index in [2.05, 4.69) is 10.4 Å². The van der Waals surface area contributed by atoms with Crippen LogP contribution in [-0.4, -0.2) is 32.0 Å². The highest BCUT2D eigenvalue weighted by Crippen LogP contribution is 2.29. The van der Waals surface area contributed by atoms with Crippen LogP contribution in [0, 0.1) is 17.0 Å². The summed E-state index contributed by atoms with van der Waals surface area (Å²) in [5.74, 6) is 0.380. The van der Waals surface area contributed by atoms with Crippen molar-refractivity contribution >= 4 is 11.5 Å². The number of rotatable bonds is 8.